The molecular weight excluding hydrogens is 164 g/mol. The summed E-state index contributed by atoms with van der Waals surface area (Å²) in [7, 11) is 0. The molecule has 0 amide bonds. The molecule has 0 aromatic heterocycles. The standard InChI is InChI=1S/C11H22O2/c1-5-9-13-11(7-3,8-4)10(12)6-2/h5-9H2,1-4H3. The predicted octanol–water partition coefficient (Wildman–Crippen LogP) is 2.95. The van der Waals surface area contributed by atoms with Crippen LogP contribution in [0.4, 0.5) is 0 Å². The Bertz CT molecular complexity index is 148. The van der Waals surface area contributed by atoms with Gasteiger partial charge in [-0.3, -0.25) is 4.79 Å². The topological polar surface area (TPSA) is 26.3 Å². The van der Waals surface area contributed by atoms with Gasteiger partial charge >= 0.3 is 0 Å². The zero-order valence-electron chi connectivity index (χ0n) is 9.35. The van der Waals surface area contributed by atoms with Crippen molar-refractivity contribution in [2.45, 2.75) is 59.0 Å². The minimum atomic E-state index is -0.495. The Morgan fingerprint density at radius 3 is 2.00 bits per heavy atom. The highest BCUT2D eigenvalue weighted by atomic mass is 16.5. The molecule has 0 aliphatic heterocycles. The van der Waals surface area contributed by atoms with Crippen molar-refractivity contribution in [3.8, 4) is 0 Å². The molecule has 0 aromatic carbocycles. The van der Waals surface area contributed by atoms with Crippen molar-refractivity contribution in [1.29, 1.82) is 0 Å². The van der Waals surface area contributed by atoms with Gasteiger partial charge in [-0.1, -0.05) is 27.7 Å². The van der Waals surface area contributed by atoms with Gasteiger partial charge in [0.1, 0.15) is 5.60 Å². The number of ketones is 1. The Morgan fingerprint density at radius 1 is 1.15 bits per heavy atom. The van der Waals surface area contributed by atoms with E-state index in [4.69, 9.17) is 4.74 Å². The first-order valence-corrected chi connectivity index (χ1v) is 5.34. The van der Waals surface area contributed by atoms with Gasteiger partial charge in [-0.15, -0.1) is 0 Å². The summed E-state index contributed by atoms with van der Waals surface area (Å²) in [5.74, 6) is 0.242. The van der Waals surface area contributed by atoms with E-state index in [-0.39, 0.29) is 5.78 Å². The third-order valence-electron chi connectivity index (χ3n) is 2.55. The molecule has 0 heterocycles. The third kappa shape index (κ3) is 3.11. The maximum absolute atomic E-state index is 11.7. The molecule has 0 aliphatic rings. The van der Waals surface area contributed by atoms with Gasteiger partial charge < -0.3 is 4.74 Å². The molecule has 0 N–H and O–H groups in total. The fourth-order valence-corrected chi connectivity index (χ4v) is 1.55. The monoisotopic (exact) mass is 186 g/mol. The molecule has 13 heavy (non-hydrogen) atoms. The van der Waals surface area contributed by atoms with Gasteiger partial charge in [-0.05, 0) is 19.3 Å². The zero-order chi connectivity index (χ0) is 10.3. The molecule has 0 radical (unpaired) electrons. The van der Waals surface area contributed by atoms with Crippen LogP contribution in [0.1, 0.15) is 53.4 Å². The highest BCUT2D eigenvalue weighted by molar-refractivity contribution is 5.86. The number of ether oxygens (including phenoxy) is 1. The Labute approximate surface area is 81.7 Å². The Kier molecular flexibility index (Phi) is 5.97. The van der Waals surface area contributed by atoms with E-state index in [1.807, 2.05) is 20.8 Å². The first-order valence-electron chi connectivity index (χ1n) is 5.34. The van der Waals surface area contributed by atoms with Crippen LogP contribution in [0, 0.1) is 0 Å². The molecule has 78 valence electrons. The second kappa shape index (κ2) is 6.14. The van der Waals surface area contributed by atoms with Crippen LogP contribution in [0.2, 0.25) is 0 Å². The fourth-order valence-electron chi connectivity index (χ4n) is 1.55. The van der Waals surface area contributed by atoms with Gasteiger partial charge in [0.25, 0.3) is 0 Å². The molecule has 2 nitrogen and oxygen atoms in total. The van der Waals surface area contributed by atoms with Crippen molar-refractivity contribution < 1.29 is 9.53 Å². The summed E-state index contributed by atoms with van der Waals surface area (Å²) in [6, 6.07) is 0. The summed E-state index contributed by atoms with van der Waals surface area (Å²) < 4.78 is 5.68. The van der Waals surface area contributed by atoms with Crippen molar-refractivity contribution >= 4 is 5.78 Å². The van der Waals surface area contributed by atoms with Crippen LogP contribution < -0.4 is 0 Å². The molecule has 0 saturated carbocycles. The van der Waals surface area contributed by atoms with E-state index in [2.05, 4.69) is 6.92 Å². The average molecular weight is 186 g/mol. The van der Waals surface area contributed by atoms with E-state index in [9.17, 15) is 4.79 Å². The third-order valence-corrected chi connectivity index (χ3v) is 2.55. The van der Waals surface area contributed by atoms with Crippen molar-refractivity contribution in [3.63, 3.8) is 0 Å². The molecule has 0 fully saturated rings. The summed E-state index contributed by atoms with van der Waals surface area (Å²) >= 11 is 0. The largest absolute Gasteiger partial charge is 0.367 e. The normalized spacial score (nSPS) is 11.7. The van der Waals surface area contributed by atoms with E-state index in [1.165, 1.54) is 0 Å². The highest BCUT2D eigenvalue weighted by Gasteiger charge is 2.33. The number of rotatable bonds is 7. The number of Topliss-reactive ketones (excluding diaryl/α,β-unsaturated/α-hetero) is 1. The van der Waals surface area contributed by atoms with E-state index < -0.39 is 5.60 Å². The van der Waals surface area contributed by atoms with E-state index in [0.29, 0.717) is 13.0 Å². The lowest BCUT2D eigenvalue weighted by molar-refractivity contribution is -0.145. The second-order valence-electron chi connectivity index (χ2n) is 3.33. The lowest BCUT2D eigenvalue weighted by Gasteiger charge is -2.29. The average Bonchev–Trinajstić information content (AvgIpc) is 2.19. The molecule has 2 heteroatoms. The maximum atomic E-state index is 11.7. The quantitative estimate of drug-likeness (QED) is 0.611. The summed E-state index contributed by atoms with van der Waals surface area (Å²) in [6.07, 6.45) is 3.12. The van der Waals surface area contributed by atoms with Crippen LogP contribution >= 0.6 is 0 Å². The van der Waals surface area contributed by atoms with Crippen molar-refractivity contribution in [2.24, 2.45) is 0 Å². The smallest absolute Gasteiger partial charge is 0.164 e. The van der Waals surface area contributed by atoms with Gasteiger partial charge in [0.2, 0.25) is 0 Å². The van der Waals surface area contributed by atoms with Crippen molar-refractivity contribution in [2.75, 3.05) is 6.61 Å². The maximum Gasteiger partial charge on any atom is 0.164 e. The zero-order valence-corrected chi connectivity index (χ0v) is 9.35. The van der Waals surface area contributed by atoms with Gasteiger partial charge in [-0.2, -0.15) is 0 Å². The van der Waals surface area contributed by atoms with E-state index in [0.717, 1.165) is 19.3 Å². The molecule has 0 rings (SSSR count). The molecule has 0 atom stereocenters. The molecule has 0 aromatic rings. The lowest BCUT2D eigenvalue weighted by atomic mass is 9.90. The molecule has 0 bridgehead atoms. The van der Waals surface area contributed by atoms with Crippen LogP contribution in [0.25, 0.3) is 0 Å². The van der Waals surface area contributed by atoms with Crippen LogP contribution in [0.15, 0.2) is 0 Å². The molecule has 0 aliphatic carbocycles. The second-order valence-corrected chi connectivity index (χ2v) is 3.33. The van der Waals surface area contributed by atoms with Crippen LogP contribution in [-0.4, -0.2) is 18.0 Å². The van der Waals surface area contributed by atoms with Crippen molar-refractivity contribution in [3.05, 3.63) is 0 Å². The number of carbonyl (C=O) groups excluding carboxylic acids is 1. The van der Waals surface area contributed by atoms with E-state index >= 15 is 0 Å². The van der Waals surface area contributed by atoms with Crippen LogP contribution in [-0.2, 0) is 9.53 Å². The Morgan fingerprint density at radius 2 is 1.69 bits per heavy atom. The first kappa shape index (κ1) is 12.6. The van der Waals surface area contributed by atoms with Crippen LogP contribution in [0.3, 0.4) is 0 Å². The fraction of sp³-hybridized carbons (Fsp3) is 0.909. The number of hydrogen-bond acceptors (Lipinski definition) is 2. The van der Waals surface area contributed by atoms with Crippen LogP contribution in [0.5, 0.6) is 0 Å². The molecule has 0 unspecified atom stereocenters. The highest BCUT2D eigenvalue weighted by Crippen LogP contribution is 2.23. The van der Waals surface area contributed by atoms with Crippen molar-refractivity contribution in [1.82, 2.24) is 0 Å². The van der Waals surface area contributed by atoms with E-state index in [1.54, 1.807) is 0 Å². The van der Waals surface area contributed by atoms with Gasteiger partial charge in [0.15, 0.2) is 5.78 Å². The summed E-state index contributed by atoms with van der Waals surface area (Å²) in [5, 5.41) is 0. The predicted molar refractivity (Wildman–Crippen MR) is 54.9 cm³/mol. The van der Waals surface area contributed by atoms with Gasteiger partial charge in [-0.25, -0.2) is 0 Å². The lowest BCUT2D eigenvalue weighted by Crippen LogP contribution is -2.40. The summed E-state index contributed by atoms with van der Waals surface area (Å²) in [5.41, 5.74) is -0.495. The minimum absolute atomic E-state index is 0.242. The summed E-state index contributed by atoms with van der Waals surface area (Å²) in [6.45, 7) is 8.69. The minimum Gasteiger partial charge on any atom is -0.367 e. The van der Waals surface area contributed by atoms with Gasteiger partial charge in [0.05, 0.1) is 0 Å². The number of carbonyl (C=O) groups is 1. The van der Waals surface area contributed by atoms with Gasteiger partial charge in [0, 0.05) is 13.0 Å². The Balaban J connectivity index is 4.39. The molecular formula is C11H22O2. The number of hydrogen-bond donors (Lipinski definition) is 0. The molecule has 0 saturated heterocycles. The summed E-state index contributed by atoms with van der Waals surface area (Å²) in [4.78, 5) is 11.7. The SMILES string of the molecule is CCCOC(CC)(CC)C(=O)CC. The Hall–Kier alpha value is -0.370. The molecule has 0 spiro atoms. The first-order chi connectivity index (χ1) is 6.16.